The molecule has 3 heterocycles. The van der Waals surface area contributed by atoms with Crippen molar-refractivity contribution in [1.29, 1.82) is 0 Å². The molecule has 2 aromatic rings. The molecule has 94 valence electrons. The molecule has 2 aromatic heterocycles. The van der Waals surface area contributed by atoms with Gasteiger partial charge in [-0.1, -0.05) is 0 Å². The minimum atomic E-state index is 0.550. The van der Waals surface area contributed by atoms with Crippen LogP contribution < -0.4 is 10.2 Å². The Bertz CT molecular complexity index is 463. The first-order chi connectivity index (χ1) is 8.92. The van der Waals surface area contributed by atoms with Gasteiger partial charge in [-0.2, -0.15) is 0 Å². The average molecular weight is 260 g/mol. The van der Waals surface area contributed by atoms with Crippen LogP contribution in [0.15, 0.2) is 36.1 Å². The molecule has 0 aromatic carbocycles. The molecule has 1 N–H and O–H groups in total. The zero-order valence-electron chi connectivity index (χ0n) is 10.1. The maximum Gasteiger partial charge on any atom is 0.182 e. The molecule has 0 unspecified atom stereocenters. The van der Waals surface area contributed by atoms with E-state index in [9.17, 15) is 0 Å². The maximum atomic E-state index is 4.27. The van der Waals surface area contributed by atoms with E-state index in [4.69, 9.17) is 0 Å². The highest BCUT2D eigenvalue weighted by molar-refractivity contribution is 7.13. The topological polar surface area (TPSA) is 41.0 Å². The van der Waals surface area contributed by atoms with Crippen molar-refractivity contribution in [2.24, 2.45) is 0 Å². The van der Waals surface area contributed by atoms with E-state index in [1.165, 1.54) is 5.69 Å². The number of piperidine rings is 1. The van der Waals surface area contributed by atoms with Crippen LogP contribution in [0.1, 0.15) is 12.8 Å². The standard InChI is InChI=1S/C13H16N4S/c1-5-14-6-2-12(1)17-8-3-11(4-9-17)16-13-15-7-10-18-13/h1-2,5-7,10-11H,3-4,8-9H2,(H,15,16). The molecule has 1 aliphatic rings. The first kappa shape index (κ1) is 11.5. The fourth-order valence-corrected chi connectivity index (χ4v) is 2.91. The molecule has 0 amide bonds. The van der Waals surface area contributed by atoms with Crippen molar-refractivity contribution in [3.05, 3.63) is 36.1 Å². The third kappa shape index (κ3) is 2.61. The largest absolute Gasteiger partial charge is 0.371 e. The number of hydrogen-bond donors (Lipinski definition) is 1. The molecule has 0 saturated carbocycles. The van der Waals surface area contributed by atoms with Crippen LogP contribution in [0.3, 0.4) is 0 Å². The molecule has 1 aliphatic heterocycles. The van der Waals surface area contributed by atoms with Gasteiger partial charge in [0, 0.05) is 48.8 Å². The van der Waals surface area contributed by atoms with Crippen LogP contribution in [-0.2, 0) is 0 Å². The molecule has 0 bridgehead atoms. The van der Waals surface area contributed by atoms with Gasteiger partial charge in [0.2, 0.25) is 0 Å². The van der Waals surface area contributed by atoms with Crippen LogP contribution in [-0.4, -0.2) is 29.1 Å². The van der Waals surface area contributed by atoms with E-state index in [0.29, 0.717) is 6.04 Å². The lowest BCUT2D eigenvalue weighted by molar-refractivity contribution is 0.526. The smallest absolute Gasteiger partial charge is 0.182 e. The summed E-state index contributed by atoms with van der Waals surface area (Å²) < 4.78 is 0. The van der Waals surface area contributed by atoms with Gasteiger partial charge in [-0.15, -0.1) is 11.3 Å². The minimum Gasteiger partial charge on any atom is -0.371 e. The SMILES string of the molecule is c1cc(N2CCC(Nc3nccs3)CC2)ccn1. The van der Waals surface area contributed by atoms with Crippen molar-refractivity contribution in [2.45, 2.75) is 18.9 Å². The average Bonchev–Trinajstić information content (AvgIpc) is 2.94. The van der Waals surface area contributed by atoms with E-state index in [2.05, 4.69) is 32.3 Å². The summed E-state index contributed by atoms with van der Waals surface area (Å²) in [6.07, 6.45) is 7.87. The van der Waals surface area contributed by atoms with Crippen LogP contribution in [0.5, 0.6) is 0 Å². The number of hydrogen-bond acceptors (Lipinski definition) is 5. The highest BCUT2D eigenvalue weighted by Gasteiger charge is 2.19. The number of anilines is 2. The predicted molar refractivity (Wildman–Crippen MR) is 75.2 cm³/mol. The Morgan fingerprint density at radius 3 is 2.61 bits per heavy atom. The van der Waals surface area contributed by atoms with Gasteiger partial charge in [-0.25, -0.2) is 4.98 Å². The van der Waals surface area contributed by atoms with Gasteiger partial charge < -0.3 is 10.2 Å². The minimum absolute atomic E-state index is 0.550. The second-order valence-corrected chi connectivity index (χ2v) is 5.34. The molecular weight excluding hydrogens is 244 g/mol. The van der Waals surface area contributed by atoms with Gasteiger partial charge in [0.05, 0.1) is 0 Å². The molecule has 1 fully saturated rings. The van der Waals surface area contributed by atoms with Crippen molar-refractivity contribution in [3.63, 3.8) is 0 Å². The van der Waals surface area contributed by atoms with Crippen molar-refractivity contribution < 1.29 is 0 Å². The van der Waals surface area contributed by atoms with Crippen LogP contribution in [0.25, 0.3) is 0 Å². The lowest BCUT2D eigenvalue weighted by atomic mass is 10.0. The Labute approximate surface area is 111 Å². The Balaban J connectivity index is 1.55. The zero-order valence-corrected chi connectivity index (χ0v) is 10.9. The Morgan fingerprint density at radius 2 is 1.94 bits per heavy atom. The van der Waals surface area contributed by atoms with E-state index in [1.54, 1.807) is 11.3 Å². The molecule has 0 spiro atoms. The van der Waals surface area contributed by atoms with E-state index >= 15 is 0 Å². The summed E-state index contributed by atoms with van der Waals surface area (Å²) in [6, 6.07) is 4.71. The van der Waals surface area contributed by atoms with Crippen LogP contribution >= 0.6 is 11.3 Å². The summed E-state index contributed by atoms with van der Waals surface area (Å²) in [5, 5.41) is 6.55. The summed E-state index contributed by atoms with van der Waals surface area (Å²) in [7, 11) is 0. The summed E-state index contributed by atoms with van der Waals surface area (Å²) in [4.78, 5) is 10.8. The van der Waals surface area contributed by atoms with E-state index in [-0.39, 0.29) is 0 Å². The molecule has 0 atom stereocenters. The van der Waals surface area contributed by atoms with Crippen LogP contribution in [0, 0.1) is 0 Å². The monoisotopic (exact) mass is 260 g/mol. The highest BCUT2D eigenvalue weighted by atomic mass is 32.1. The summed E-state index contributed by atoms with van der Waals surface area (Å²) in [6.45, 7) is 2.18. The number of nitrogens with zero attached hydrogens (tertiary/aromatic N) is 3. The van der Waals surface area contributed by atoms with Gasteiger partial charge in [-0.05, 0) is 25.0 Å². The second-order valence-electron chi connectivity index (χ2n) is 4.45. The second kappa shape index (κ2) is 5.35. The molecular formula is C13H16N4S. The molecule has 0 aliphatic carbocycles. The van der Waals surface area contributed by atoms with Gasteiger partial charge in [0.15, 0.2) is 5.13 Å². The van der Waals surface area contributed by atoms with Crippen LogP contribution in [0.4, 0.5) is 10.8 Å². The number of thiazole rings is 1. The van der Waals surface area contributed by atoms with Gasteiger partial charge in [0.25, 0.3) is 0 Å². The normalized spacial score (nSPS) is 16.8. The quantitative estimate of drug-likeness (QED) is 0.921. The van der Waals surface area contributed by atoms with E-state index < -0.39 is 0 Å². The molecule has 4 nitrogen and oxygen atoms in total. The molecule has 1 saturated heterocycles. The number of pyridine rings is 1. The molecule has 0 radical (unpaired) electrons. The summed E-state index contributed by atoms with van der Waals surface area (Å²) >= 11 is 1.67. The fraction of sp³-hybridized carbons (Fsp3) is 0.385. The Hall–Kier alpha value is -1.62. The van der Waals surface area contributed by atoms with E-state index in [0.717, 1.165) is 31.1 Å². The lowest BCUT2D eigenvalue weighted by Crippen LogP contribution is -2.39. The molecule has 18 heavy (non-hydrogen) atoms. The third-order valence-electron chi connectivity index (χ3n) is 3.28. The predicted octanol–water partition coefficient (Wildman–Crippen LogP) is 2.62. The van der Waals surface area contributed by atoms with E-state index in [1.807, 2.05) is 24.0 Å². The van der Waals surface area contributed by atoms with Crippen molar-refractivity contribution in [1.82, 2.24) is 9.97 Å². The number of rotatable bonds is 3. The van der Waals surface area contributed by atoms with Gasteiger partial charge >= 0.3 is 0 Å². The first-order valence-electron chi connectivity index (χ1n) is 6.23. The van der Waals surface area contributed by atoms with Crippen LogP contribution in [0.2, 0.25) is 0 Å². The summed E-state index contributed by atoms with van der Waals surface area (Å²) in [5.74, 6) is 0. The third-order valence-corrected chi connectivity index (χ3v) is 3.99. The molecule has 5 heteroatoms. The Kier molecular flexibility index (Phi) is 3.41. The van der Waals surface area contributed by atoms with Crippen molar-refractivity contribution >= 4 is 22.2 Å². The lowest BCUT2D eigenvalue weighted by Gasteiger charge is -2.33. The zero-order chi connectivity index (χ0) is 12.2. The maximum absolute atomic E-state index is 4.27. The van der Waals surface area contributed by atoms with Gasteiger partial charge in [-0.3, -0.25) is 4.98 Å². The van der Waals surface area contributed by atoms with Crippen molar-refractivity contribution in [3.8, 4) is 0 Å². The first-order valence-corrected chi connectivity index (χ1v) is 7.11. The summed E-state index contributed by atoms with van der Waals surface area (Å²) in [5.41, 5.74) is 1.28. The fourth-order valence-electron chi connectivity index (χ4n) is 2.31. The van der Waals surface area contributed by atoms with Gasteiger partial charge in [0.1, 0.15) is 0 Å². The Morgan fingerprint density at radius 1 is 1.17 bits per heavy atom. The van der Waals surface area contributed by atoms with Crippen molar-refractivity contribution in [2.75, 3.05) is 23.3 Å². The number of nitrogens with one attached hydrogen (secondary N) is 1. The molecule has 3 rings (SSSR count). The highest BCUT2D eigenvalue weighted by Crippen LogP contribution is 2.22. The number of aromatic nitrogens is 2.